The first-order chi connectivity index (χ1) is 14.3. The largest absolute Gasteiger partial charge is 0.333 e. The van der Waals surface area contributed by atoms with Crippen molar-refractivity contribution in [2.24, 2.45) is 0 Å². The number of hydrogen-bond donors (Lipinski definition) is 2. The number of H-pyrrole nitrogens is 1. The summed E-state index contributed by atoms with van der Waals surface area (Å²) in [5.41, 5.74) is 2.71. The van der Waals surface area contributed by atoms with Gasteiger partial charge in [-0.05, 0) is 22.9 Å². The predicted molar refractivity (Wildman–Crippen MR) is 129 cm³/mol. The van der Waals surface area contributed by atoms with Gasteiger partial charge in [-0.3, -0.25) is 15.1 Å². The third-order valence-corrected chi connectivity index (χ3v) is 5.27. The third kappa shape index (κ3) is 4.44. The summed E-state index contributed by atoms with van der Waals surface area (Å²) in [6.07, 6.45) is 5.02. The average molecular weight is 470 g/mol. The number of nitrogens with one attached hydrogen (secondary N) is 2. The molecule has 0 aliphatic carbocycles. The number of rotatable bonds is 4. The molecule has 3 heterocycles. The van der Waals surface area contributed by atoms with Gasteiger partial charge in [0.05, 0.1) is 0 Å². The maximum absolute atomic E-state index is 13.0. The number of aromatic amines is 1. The van der Waals surface area contributed by atoms with E-state index in [1.54, 1.807) is 18.6 Å². The Hall–Kier alpha value is -3.26. The van der Waals surface area contributed by atoms with Crippen LogP contribution in [-0.2, 0) is 0 Å². The van der Waals surface area contributed by atoms with Crippen LogP contribution in [0.25, 0.3) is 33.4 Å². The molecule has 0 radical (unpaired) electrons. The molecule has 1 amide bonds. The molecule has 156 valence electrons. The Balaban J connectivity index is 0.00000136. The zero-order valence-electron chi connectivity index (χ0n) is 16.0. The van der Waals surface area contributed by atoms with E-state index in [0.717, 1.165) is 21.9 Å². The Labute approximate surface area is 194 Å². The molecule has 31 heavy (non-hydrogen) atoms. The maximum atomic E-state index is 13.0. The van der Waals surface area contributed by atoms with Gasteiger partial charge in [-0.2, -0.15) is 0 Å². The Morgan fingerprint density at radius 3 is 2.48 bits per heavy atom. The Morgan fingerprint density at radius 2 is 1.71 bits per heavy atom. The second-order valence-electron chi connectivity index (χ2n) is 6.36. The molecule has 0 aliphatic rings. The van der Waals surface area contributed by atoms with Crippen LogP contribution in [0.15, 0.2) is 78.6 Å². The van der Waals surface area contributed by atoms with Gasteiger partial charge in [0.2, 0.25) is 0 Å². The highest BCUT2D eigenvalue weighted by atomic mass is 35.5. The van der Waals surface area contributed by atoms with Crippen molar-refractivity contribution in [1.29, 1.82) is 0 Å². The van der Waals surface area contributed by atoms with Crippen LogP contribution >= 0.6 is 36.2 Å². The highest BCUT2D eigenvalue weighted by Crippen LogP contribution is 2.31. The molecule has 2 N–H and O–H groups in total. The average Bonchev–Trinajstić information content (AvgIpc) is 3.44. The number of halogens is 2. The SMILES string of the molecule is Cl.Cl.O=C(Nc1nccs1)c1[nH]c(-c2cccc3ccccc23)nc1-c1ccncc1. The number of amides is 1. The summed E-state index contributed by atoms with van der Waals surface area (Å²) in [7, 11) is 0. The van der Waals surface area contributed by atoms with Crippen molar-refractivity contribution in [1.82, 2.24) is 19.9 Å². The van der Waals surface area contributed by atoms with Gasteiger partial charge in [0, 0.05) is 35.1 Å². The number of aromatic nitrogens is 4. The molecule has 5 rings (SSSR count). The Morgan fingerprint density at radius 1 is 0.935 bits per heavy atom. The molecule has 0 spiro atoms. The number of imidazole rings is 1. The first-order valence-corrected chi connectivity index (χ1v) is 9.87. The number of pyridine rings is 1. The first-order valence-electron chi connectivity index (χ1n) is 8.99. The number of anilines is 1. The van der Waals surface area contributed by atoms with E-state index in [1.807, 2.05) is 41.8 Å². The summed E-state index contributed by atoms with van der Waals surface area (Å²) in [6, 6.07) is 17.8. The van der Waals surface area contributed by atoms with Gasteiger partial charge in [-0.1, -0.05) is 42.5 Å². The smallest absolute Gasteiger partial charge is 0.276 e. The Bertz CT molecular complexity index is 1300. The van der Waals surface area contributed by atoms with Crippen LogP contribution < -0.4 is 5.32 Å². The minimum atomic E-state index is -0.286. The maximum Gasteiger partial charge on any atom is 0.276 e. The van der Waals surface area contributed by atoms with Crippen LogP contribution in [0.5, 0.6) is 0 Å². The van der Waals surface area contributed by atoms with Crippen molar-refractivity contribution in [2.45, 2.75) is 0 Å². The van der Waals surface area contributed by atoms with Crippen LogP contribution in [0.4, 0.5) is 5.13 Å². The van der Waals surface area contributed by atoms with Gasteiger partial charge in [-0.15, -0.1) is 36.2 Å². The minimum Gasteiger partial charge on any atom is -0.333 e. The molecule has 0 atom stereocenters. The lowest BCUT2D eigenvalue weighted by Crippen LogP contribution is -2.13. The number of fused-ring (bicyclic) bond motifs is 1. The lowest BCUT2D eigenvalue weighted by atomic mass is 10.0. The van der Waals surface area contributed by atoms with E-state index in [0.29, 0.717) is 22.3 Å². The van der Waals surface area contributed by atoms with E-state index in [1.165, 1.54) is 11.3 Å². The van der Waals surface area contributed by atoms with E-state index in [9.17, 15) is 4.79 Å². The van der Waals surface area contributed by atoms with Crippen molar-refractivity contribution >= 4 is 58.0 Å². The van der Waals surface area contributed by atoms with Crippen LogP contribution in [0.3, 0.4) is 0 Å². The quantitative estimate of drug-likeness (QED) is 0.346. The zero-order valence-corrected chi connectivity index (χ0v) is 18.4. The van der Waals surface area contributed by atoms with Gasteiger partial charge in [0.25, 0.3) is 5.91 Å². The number of thiazole rings is 1. The highest BCUT2D eigenvalue weighted by Gasteiger charge is 2.21. The van der Waals surface area contributed by atoms with Crippen LogP contribution in [0.1, 0.15) is 10.5 Å². The van der Waals surface area contributed by atoms with Crippen molar-refractivity contribution in [3.05, 3.63) is 84.3 Å². The van der Waals surface area contributed by atoms with E-state index >= 15 is 0 Å². The molecule has 0 fully saturated rings. The molecule has 0 bridgehead atoms. The molecule has 2 aromatic carbocycles. The van der Waals surface area contributed by atoms with Crippen molar-refractivity contribution in [3.63, 3.8) is 0 Å². The standard InChI is InChI=1S/C22H15N5OS.2ClH/c28-21(27-22-24-12-13-29-22)19-18(15-8-10-23-11-9-15)25-20(26-19)17-7-3-5-14-4-1-2-6-16(14)17;;/h1-13H,(H,25,26)(H,24,27,28);2*1H. The van der Waals surface area contributed by atoms with Crippen LogP contribution in [0, 0.1) is 0 Å². The molecule has 3 aromatic heterocycles. The molecule has 5 aromatic rings. The summed E-state index contributed by atoms with van der Waals surface area (Å²) in [5.74, 6) is 0.351. The minimum absolute atomic E-state index is 0. The second-order valence-corrected chi connectivity index (χ2v) is 7.26. The molecule has 0 unspecified atom stereocenters. The van der Waals surface area contributed by atoms with Gasteiger partial charge in [0.15, 0.2) is 5.13 Å². The molecule has 0 aliphatic heterocycles. The van der Waals surface area contributed by atoms with Gasteiger partial charge < -0.3 is 4.98 Å². The second kappa shape index (κ2) is 9.70. The summed E-state index contributed by atoms with van der Waals surface area (Å²) < 4.78 is 0. The molecule has 9 heteroatoms. The number of benzene rings is 2. The normalized spacial score (nSPS) is 10.2. The lowest BCUT2D eigenvalue weighted by molar-refractivity contribution is 0.102. The van der Waals surface area contributed by atoms with Crippen LogP contribution in [0.2, 0.25) is 0 Å². The van der Waals surface area contributed by atoms with E-state index in [-0.39, 0.29) is 30.7 Å². The number of carbonyl (C=O) groups excluding carboxylic acids is 1. The van der Waals surface area contributed by atoms with E-state index in [2.05, 4.69) is 38.5 Å². The molecule has 0 saturated heterocycles. The lowest BCUT2D eigenvalue weighted by Gasteiger charge is -2.03. The summed E-state index contributed by atoms with van der Waals surface area (Å²) in [6.45, 7) is 0. The number of nitrogens with zero attached hydrogens (tertiary/aromatic N) is 3. The fourth-order valence-electron chi connectivity index (χ4n) is 3.26. The van der Waals surface area contributed by atoms with Gasteiger partial charge >= 0.3 is 0 Å². The summed E-state index contributed by atoms with van der Waals surface area (Å²) in [4.78, 5) is 29.2. The fourth-order valence-corrected chi connectivity index (χ4v) is 3.78. The van der Waals surface area contributed by atoms with E-state index in [4.69, 9.17) is 4.98 Å². The third-order valence-electron chi connectivity index (χ3n) is 4.58. The van der Waals surface area contributed by atoms with E-state index < -0.39 is 0 Å². The van der Waals surface area contributed by atoms with Gasteiger partial charge in [-0.25, -0.2) is 9.97 Å². The predicted octanol–water partition coefficient (Wildman–Crippen LogP) is 5.84. The number of carbonyl (C=O) groups is 1. The highest BCUT2D eigenvalue weighted by molar-refractivity contribution is 7.13. The molecular weight excluding hydrogens is 453 g/mol. The van der Waals surface area contributed by atoms with Crippen LogP contribution in [-0.4, -0.2) is 25.8 Å². The monoisotopic (exact) mass is 469 g/mol. The van der Waals surface area contributed by atoms with Crippen molar-refractivity contribution in [2.75, 3.05) is 5.32 Å². The molecule has 6 nitrogen and oxygen atoms in total. The molecular formula is C22H17Cl2N5OS. The zero-order chi connectivity index (χ0) is 19.6. The first kappa shape index (κ1) is 22.4. The number of hydrogen-bond acceptors (Lipinski definition) is 5. The summed E-state index contributed by atoms with van der Waals surface area (Å²) >= 11 is 1.37. The van der Waals surface area contributed by atoms with Gasteiger partial charge in [0.1, 0.15) is 17.2 Å². The topological polar surface area (TPSA) is 83.6 Å². The Kier molecular flexibility index (Phi) is 7.02. The fraction of sp³-hybridized carbons (Fsp3) is 0. The summed E-state index contributed by atoms with van der Waals surface area (Å²) in [5, 5.41) is 7.36. The molecule has 0 saturated carbocycles. The van der Waals surface area contributed by atoms with Crippen molar-refractivity contribution in [3.8, 4) is 22.6 Å². The van der Waals surface area contributed by atoms with Crippen molar-refractivity contribution < 1.29 is 4.79 Å².